The van der Waals surface area contributed by atoms with Gasteiger partial charge in [-0.05, 0) is 0 Å². The zero-order valence-corrected chi connectivity index (χ0v) is 10.2. The van der Waals surface area contributed by atoms with Crippen molar-refractivity contribution < 1.29 is 15.0 Å². The fourth-order valence-electron chi connectivity index (χ4n) is 1.31. The van der Waals surface area contributed by atoms with Crippen LogP contribution in [0.15, 0.2) is 60.3 Å². The Labute approximate surface area is 108 Å². The van der Waals surface area contributed by atoms with E-state index in [4.69, 9.17) is 0 Å². The van der Waals surface area contributed by atoms with Gasteiger partial charge >= 0.3 is 108 Å². The summed E-state index contributed by atoms with van der Waals surface area (Å²) in [5.41, 5.74) is 2.30. The molecule has 0 aliphatic carbocycles. The Kier molecular flexibility index (Phi) is 4.31. The van der Waals surface area contributed by atoms with Gasteiger partial charge in [-0.1, -0.05) is 0 Å². The van der Waals surface area contributed by atoms with Crippen LogP contribution >= 0.6 is 0 Å². The van der Waals surface area contributed by atoms with E-state index in [1.807, 2.05) is 36.5 Å². The molecule has 0 unspecified atom stereocenters. The van der Waals surface area contributed by atoms with Crippen LogP contribution in [0.1, 0.15) is 11.1 Å². The molecule has 0 amide bonds. The maximum atomic E-state index is 4.11. The van der Waals surface area contributed by atoms with Gasteiger partial charge in [-0.3, -0.25) is 0 Å². The third-order valence-corrected chi connectivity index (χ3v) is 3.18. The Balaban J connectivity index is 2.07. The Hall–Kier alpha value is -1.63. The number of pyridine rings is 1. The maximum absolute atomic E-state index is 4.11. The van der Waals surface area contributed by atoms with Gasteiger partial charge in [-0.2, -0.15) is 0 Å². The first-order chi connectivity index (χ1) is 8.40. The number of hydrogen-bond acceptors (Lipinski definition) is 1. The number of aromatic nitrogens is 1. The number of hydrogen-bond donors (Lipinski definition) is 0. The Morgan fingerprint density at radius 3 is 2.71 bits per heavy atom. The second kappa shape index (κ2) is 6.19. The van der Waals surface area contributed by atoms with Gasteiger partial charge in [-0.15, -0.1) is 0 Å². The van der Waals surface area contributed by atoms with Gasteiger partial charge in [0.25, 0.3) is 0 Å². The van der Waals surface area contributed by atoms with Crippen LogP contribution in [0.25, 0.3) is 12.2 Å². The van der Waals surface area contributed by atoms with Crippen molar-refractivity contribution in [3.05, 3.63) is 71.5 Å². The summed E-state index contributed by atoms with van der Waals surface area (Å²) >= 11 is 1.75. The third-order valence-electron chi connectivity index (χ3n) is 2.18. The minimum absolute atomic E-state index is 1.11. The molecule has 2 aromatic rings. The van der Waals surface area contributed by atoms with Crippen LogP contribution in [0.3, 0.4) is 0 Å². The SMILES string of the molecule is C=Cc1ccnc[c]1[Cu][CH]=Cc1ccccc1. The molecule has 0 spiro atoms. The van der Waals surface area contributed by atoms with Gasteiger partial charge in [0.15, 0.2) is 0 Å². The van der Waals surface area contributed by atoms with E-state index < -0.39 is 0 Å². The van der Waals surface area contributed by atoms with Crippen molar-refractivity contribution in [2.24, 2.45) is 0 Å². The van der Waals surface area contributed by atoms with Crippen LogP contribution in [-0.4, -0.2) is 4.98 Å². The first kappa shape index (κ1) is 11.8. The molecule has 1 heterocycles. The van der Waals surface area contributed by atoms with E-state index in [0.29, 0.717) is 0 Å². The van der Waals surface area contributed by atoms with E-state index in [2.05, 4.69) is 34.7 Å². The molecule has 2 rings (SSSR count). The van der Waals surface area contributed by atoms with E-state index in [1.54, 1.807) is 21.2 Å². The molecule has 0 saturated heterocycles. The molecule has 0 bridgehead atoms. The van der Waals surface area contributed by atoms with Crippen molar-refractivity contribution in [2.75, 3.05) is 0 Å². The zero-order valence-electron chi connectivity index (χ0n) is 9.31. The molecule has 0 aliphatic rings. The molecule has 89 valence electrons. The number of benzene rings is 1. The predicted molar refractivity (Wildman–Crippen MR) is 69.4 cm³/mol. The van der Waals surface area contributed by atoms with Crippen LogP contribution in [0, 0.1) is 0 Å². The molecule has 17 heavy (non-hydrogen) atoms. The molecule has 0 saturated carbocycles. The Morgan fingerprint density at radius 2 is 1.94 bits per heavy atom. The molecule has 1 nitrogen and oxygen atoms in total. The molecule has 1 aromatic heterocycles. The van der Waals surface area contributed by atoms with E-state index in [1.165, 1.54) is 5.56 Å². The third kappa shape index (κ3) is 3.42. The van der Waals surface area contributed by atoms with E-state index in [0.717, 1.165) is 10.0 Å². The summed E-state index contributed by atoms with van der Waals surface area (Å²) in [6.07, 6.45) is 7.56. The van der Waals surface area contributed by atoms with Crippen molar-refractivity contribution in [1.29, 1.82) is 0 Å². The minimum atomic E-state index is 1.11. The fourth-order valence-corrected chi connectivity index (χ4v) is 2.21. The van der Waals surface area contributed by atoms with Gasteiger partial charge in [0.05, 0.1) is 0 Å². The summed E-state index contributed by atoms with van der Waals surface area (Å²) in [5, 5.41) is 0. The Morgan fingerprint density at radius 1 is 1.12 bits per heavy atom. The van der Waals surface area contributed by atoms with Gasteiger partial charge < -0.3 is 0 Å². The number of nitrogens with zero attached hydrogens (tertiary/aromatic N) is 1. The van der Waals surface area contributed by atoms with Crippen LogP contribution in [0.5, 0.6) is 0 Å². The van der Waals surface area contributed by atoms with Crippen molar-refractivity contribution >= 4 is 16.6 Å². The van der Waals surface area contributed by atoms with E-state index in [-0.39, 0.29) is 0 Å². The van der Waals surface area contributed by atoms with Gasteiger partial charge in [0.1, 0.15) is 0 Å². The van der Waals surface area contributed by atoms with Crippen molar-refractivity contribution in [2.45, 2.75) is 0 Å². The summed E-state index contributed by atoms with van der Waals surface area (Å²) in [5.74, 6) is 0. The summed E-state index contributed by atoms with van der Waals surface area (Å²) in [4.78, 5) is 6.17. The van der Waals surface area contributed by atoms with Crippen molar-refractivity contribution in [3.63, 3.8) is 0 Å². The summed E-state index contributed by atoms with van der Waals surface area (Å²) in [6.45, 7) is 3.79. The van der Waals surface area contributed by atoms with Crippen LogP contribution < -0.4 is 4.46 Å². The predicted octanol–water partition coefficient (Wildman–Crippen LogP) is 3.10. The zero-order chi connectivity index (χ0) is 11.9. The molecule has 2 heteroatoms. The second-order valence-electron chi connectivity index (χ2n) is 3.33. The summed E-state index contributed by atoms with van der Waals surface area (Å²) in [6, 6.07) is 12.2. The molecular weight excluding hydrogens is 258 g/mol. The van der Waals surface area contributed by atoms with Gasteiger partial charge in [0, 0.05) is 0 Å². The average Bonchev–Trinajstić information content (AvgIpc) is 2.40. The monoisotopic (exact) mass is 270 g/mol. The number of rotatable bonds is 4. The molecule has 0 atom stereocenters. The normalized spacial score (nSPS) is 10.8. The summed E-state index contributed by atoms with van der Waals surface area (Å²) < 4.78 is 1.11. The van der Waals surface area contributed by atoms with Crippen LogP contribution in [-0.2, 0) is 15.0 Å². The Bertz CT molecular complexity index is 517. The first-order valence-corrected chi connectivity index (χ1v) is 6.25. The quantitative estimate of drug-likeness (QED) is 0.778. The summed E-state index contributed by atoms with van der Waals surface area (Å²) in [7, 11) is 0. The molecule has 0 radical (unpaired) electrons. The topological polar surface area (TPSA) is 12.9 Å². The van der Waals surface area contributed by atoms with Gasteiger partial charge in [0.2, 0.25) is 0 Å². The molecule has 0 fully saturated rings. The molecule has 0 aliphatic heterocycles. The molecular formula is C15H13CuN. The standard InChI is InChI=1S/C8H7.C7H6N.Cu/c1-2-8-6-4-3-5-7-8;1-2-7-3-5-8-6-4-7;/h1-7H;2-3,5-6H,1H2;. The van der Waals surface area contributed by atoms with Crippen molar-refractivity contribution in [3.8, 4) is 0 Å². The average molecular weight is 271 g/mol. The van der Waals surface area contributed by atoms with E-state index in [9.17, 15) is 0 Å². The van der Waals surface area contributed by atoms with Crippen molar-refractivity contribution in [1.82, 2.24) is 4.98 Å². The molecule has 1 aromatic carbocycles. The molecule has 0 N–H and O–H groups in total. The fraction of sp³-hybridized carbons (Fsp3) is 0. The van der Waals surface area contributed by atoms with Gasteiger partial charge in [-0.25, -0.2) is 0 Å². The van der Waals surface area contributed by atoms with Crippen LogP contribution in [0.4, 0.5) is 0 Å². The first-order valence-electron chi connectivity index (χ1n) is 5.23. The van der Waals surface area contributed by atoms with Crippen LogP contribution in [0.2, 0.25) is 0 Å². The second-order valence-corrected chi connectivity index (χ2v) is 4.42. The van der Waals surface area contributed by atoms with E-state index >= 15 is 0 Å².